The first-order valence-electron chi connectivity index (χ1n) is 7.45. The molecule has 2 amide bonds. The second-order valence-corrected chi connectivity index (χ2v) is 6.02. The van der Waals surface area contributed by atoms with E-state index in [0.717, 1.165) is 15.8 Å². The van der Waals surface area contributed by atoms with Gasteiger partial charge in [0.1, 0.15) is 5.75 Å². The van der Waals surface area contributed by atoms with Gasteiger partial charge in [-0.3, -0.25) is 9.59 Å². The Morgan fingerprint density at radius 2 is 2.12 bits per heavy atom. The summed E-state index contributed by atoms with van der Waals surface area (Å²) in [5.41, 5.74) is 0.954. The molecular weight excluding hydrogens is 376 g/mol. The summed E-state index contributed by atoms with van der Waals surface area (Å²) in [6, 6.07) is 8.69. The van der Waals surface area contributed by atoms with Gasteiger partial charge in [-0.25, -0.2) is 0 Å². The predicted octanol–water partition coefficient (Wildman–Crippen LogP) is 3.05. The molecule has 128 valence electrons. The van der Waals surface area contributed by atoms with Crippen molar-refractivity contribution < 1.29 is 18.7 Å². The molecule has 2 N–H and O–H groups in total. The van der Waals surface area contributed by atoms with E-state index in [-0.39, 0.29) is 36.6 Å². The zero-order valence-corrected chi connectivity index (χ0v) is 15.1. The molecule has 6 nitrogen and oxygen atoms in total. The van der Waals surface area contributed by atoms with Crippen molar-refractivity contribution in [1.82, 2.24) is 10.6 Å². The van der Waals surface area contributed by atoms with Crippen molar-refractivity contribution in [2.24, 2.45) is 0 Å². The van der Waals surface area contributed by atoms with Crippen molar-refractivity contribution in [3.05, 3.63) is 52.4 Å². The Bertz CT molecular complexity index is 701. The summed E-state index contributed by atoms with van der Waals surface area (Å²) in [4.78, 5) is 23.7. The Hall–Kier alpha value is -2.28. The van der Waals surface area contributed by atoms with Gasteiger partial charge >= 0.3 is 0 Å². The second-order valence-electron chi connectivity index (χ2n) is 5.17. The van der Waals surface area contributed by atoms with Gasteiger partial charge in [0.2, 0.25) is 5.91 Å². The van der Waals surface area contributed by atoms with Crippen molar-refractivity contribution >= 4 is 27.7 Å². The molecule has 2 aromatic rings. The zero-order chi connectivity index (χ0) is 17.5. The first-order valence-corrected chi connectivity index (χ1v) is 8.25. The third-order valence-corrected chi connectivity index (χ3v) is 4.06. The van der Waals surface area contributed by atoms with Crippen molar-refractivity contribution in [2.75, 3.05) is 13.7 Å². The van der Waals surface area contributed by atoms with Crippen LogP contribution < -0.4 is 15.4 Å². The summed E-state index contributed by atoms with van der Waals surface area (Å²) < 4.78 is 11.0. The lowest BCUT2D eigenvalue weighted by atomic mass is 10.1. The van der Waals surface area contributed by atoms with Crippen LogP contribution in [0.3, 0.4) is 0 Å². The van der Waals surface area contributed by atoms with E-state index in [0.29, 0.717) is 0 Å². The molecule has 0 saturated heterocycles. The largest absolute Gasteiger partial charge is 0.496 e. The molecule has 1 aromatic carbocycles. The van der Waals surface area contributed by atoms with E-state index in [1.807, 2.05) is 25.1 Å². The van der Waals surface area contributed by atoms with Gasteiger partial charge in [0, 0.05) is 13.0 Å². The van der Waals surface area contributed by atoms with E-state index in [1.165, 1.54) is 6.26 Å². The first-order chi connectivity index (χ1) is 11.5. The van der Waals surface area contributed by atoms with Crippen LogP contribution in [0.15, 0.2) is 45.5 Å². The van der Waals surface area contributed by atoms with E-state index in [2.05, 4.69) is 26.6 Å². The quantitative estimate of drug-likeness (QED) is 0.755. The van der Waals surface area contributed by atoms with Crippen molar-refractivity contribution in [2.45, 2.75) is 19.4 Å². The number of carbonyl (C=O) groups is 2. The fourth-order valence-corrected chi connectivity index (χ4v) is 2.69. The summed E-state index contributed by atoms with van der Waals surface area (Å²) in [5.74, 6) is 0.485. The molecule has 1 heterocycles. The van der Waals surface area contributed by atoms with Crippen molar-refractivity contribution in [3.63, 3.8) is 0 Å². The van der Waals surface area contributed by atoms with Gasteiger partial charge in [0.15, 0.2) is 5.76 Å². The normalized spacial score (nSPS) is 11.6. The number of methoxy groups -OCH3 is 1. The maximum absolute atomic E-state index is 12.0. The highest BCUT2D eigenvalue weighted by Gasteiger charge is 2.13. The van der Waals surface area contributed by atoms with Gasteiger partial charge in [-0.2, -0.15) is 0 Å². The molecule has 1 aromatic heterocycles. The topological polar surface area (TPSA) is 80.6 Å². The Morgan fingerprint density at radius 1 is 1.33 bits per heavy atom. The van der Waals surface area contributed by atoms with Gasteiger partial charge < -0.3 is 19.8 Å². The molecule has 0 fully saturated rings. The van der Waals surface area contributed by atoms with Crippen LogP contribution in [0.1, 0.15) is 35.5 Å². The minimum absolute atomic E-state index is 0.144. The second kappa shape index (κ2) is 8.54. The Balaban J connectivity index is 1.79. The van der Waals surface area contributed by atoms with Crippen LogP contribution in [0, 0.1) is 0 Å². The predicted molar refractivity (Wildman–Crippen MR) is 92.9 cm³/mol. The third-order valence-electron chi connectivity index (χ3n) is 3.44. The van der Waals surface area contributed by atoms with Crippen LogP contribution in [0.25, 0.3) is 0 Å². The molecule has 0 bridgehead atoms. The van der Waals surface area contributed by atoms with E-state index in [1.54, 1.807) is 19.2 Å². The SMILES string of the molecule is COc1ccc(C(C)NC(=O)CCNC(=O)c2ccco2)cc1Br. The summed E-state index contributed by atoms with van der Waals surface area (Å²) in [7, 11) is 1.60. The molecular formula is C17H19BrN2O4. The first kappa shape index (κ1) is 18.1. The van der Waals surface area contributed by atoms with E-state index < -0.39 is 0 Å². The highest BCUT2D eigenvalue weighted by atomic mass is 79.9. The molecule has 24 heavy (non-hydrogen) atoms. The van der Waals surface area contributed by atoms with E-state index in [9.17, 15) is 9.59 Å². The van der Waals surface area contributed by atoms with Gasteiger partial charge in [-0.15, -0.1) is 0 Å². The number of rotatable bonds is 7. The van der Waals surface area contributed by atoms with E-state index in [4.69, 9.17) is 9.15 Å². The minimum atomic E-state index is -0.333. The van der Waals surface area contributed by atoms with Crippen LogP contribution in [0.4, 0.5) is 0 Å². The summed E-state index contributed by atoms with van der Waals surface area (Å²) in [5, 5.41) is 5.53. The Morgan fingerprint density at radius 3 is 2.75 bits per heavy atom. The molecule has 0 aliphatic heterocycles. The molecule has 0 spiro atoms. The maximum atomic E-state index is 12.0. The lowest BCUT2D eigenvalue weighted by Gasteiger charge is -2.15. The number of nitrogens with one attached hydrogen (secondary N) is 2. The minimum Gasteiger partial charge on any atom is -0.496 e. The molecule has 0 aliphatic rings. The number of halogens is 1. The van der Waals surface area contributed by atoms with Crippen LogP contribution in [-0.4, -0.2) is 25.5 Å². The van der Waals surface area contributed by atoms with Crippen LogP contribution in [0.2, 0.25) is 0 Å². The zero-order valence-electron chi connectivity index (χ0n) is 13.5. The van der Waals surface area contributed by atoms with E-state index >= 15 is 0 Å². The molecule has 2 rings (SSSR count). The average molecular weight is 395 g/mol. The summed E-state index contributed by atoms with van der Waals surface area (Å²) in [6.45, 7) is 2.14. The number of ether oxygens (including phenoxy) is 1. The molecule has 1 unspecified atom stereocenters. The fourth-order valence-electron chi connectivity index (χ4n) is 2.13. The van der Waals surface area contributed by atoms with Crippen molar-refractivity contribution in [1.29, 1.82) is 0 Å². The number of hydrogen-bond acceptors (Lipinski definition) is 4. The number of furan rings is 1. The van der Waals surface area contributed by atoms with Gasteiger partial charge in [-0.1, -0.05) is 6.07 Å². The van der Waals surface area contributed by atoms with Gasteiger partial charge in [-0.05, 0) is 52.7 Å². The smallest absolute Gasteiger partial charge is 0.286 e. The standard InChI is InChI=1S/C17H19BrN2O4/c1-11(12-5-6-14(23-2)13(18)10-12)20-16(21)7-8-19-17(22)15-4-3-9-24-15/h3-6,9-11H,7-8H2,1-2H3,(H,19,22)(H,20,21). The third kappa shape index (κ3) is 4.86. The highest BCUT2D eigenvalue weighted by molar-refractivity contribution is 9.10. The van der Waals surface area contributed by atoms with Crippen LogP contribution >= 0.6 is 15.9 Å². The molecule has 0 radical (unpaired) electrons. The summed E-state index contributed by atoms with van der Waals surface area (Å²) in [6.07, 6.45) is 1.62. The summed E-state index contributed by atoms with van der Waals surface area (Å²) >= 11 is 3.42. The molecule has 0 aliphatic carbocycles. The molecule has 0 saturated carbocycles. The fraction of sp³-hybridized carbons (Fsp3) is 0.294. The average Bonchev–Trinajstić information content (AvgIpc) is 3.09. The van der Waals surface area contributed by atoms with Crippen LogP contribution in [-0.2, 0) is 4.79 Å². The number of hydrogen-bond donors (Lipinski definition) is 2. The van der Waals surface area contributed by atoms with Crippen LogP contribution in [0.5, 0.6) is 5.75 Å². The highest BCUT2D eigenvalue weighted by Crippen LogP contribution is 2.27. The lowest BCUT2D eigenvalue weighted by Crippen LogP contribution is -2.32. The van der Waals surface area contributed by atoms with Gasteiger partial charge in [0.05, 0.1) is 23.9 Å². The molecule has 7 heteroatoms. The lowest BCUT2D eigenvalue weighted by molar-refractivity contribution is -0.121. The number of carbonyl (C=O) groups excluding carboxylic acids is 2. The Labute approximate surface area is 148 Å². The van der Waals surface area contributed by atoms with Gasteiger partial charge in [0.25, 0.3) is 5.91 Å². The Kier molecular flexibility index (Phi) is 6.43. The van der Waals surface area contributed by atoms with Crippen molar-refractivity contribution in [3.8, 4) is 5.75 Å². The number of amides is 2. The monoisotopic (exact) mass is 394 g/mol. The maximum Gasteiger partial charge on any atom is 0.286 e. The number of benzene rings is 1. The molecule has 1 atom stereocenters.